The van der Waals surface area contributed by atoms with Crippen molar-refractivity contribution < 1.29 is 14.0 Å². The Balaban J connectivity index is 1.43. The van der Waals surface area contributed by atoms with E-state index in [1.165, 1.54) is 11.2 Å². The van der Waals surface area contributed by atoms with E-state index in [0.29, 0.717) is 23.2 Å². The third kappa shape index (κ3) is 4.25. The van der Waals surface area contributed by atoms with Gasteiger partial charge in [0.1, 0.15) is 12.3 Å². The van der Waals surface area contributed by atoms with Gasteiger partial charge in [0.05, 0.1) is 12.2 Å². The normalized spacial score (nSPS) is 16.0. The molecule has 164 valence electrons. The Kier molecular flexibility index (Phi) is 5.67. The average Bonchev–Trinajstić information content (AvgIpc) is 3.40. The molecule has 3 amide bonds. The second kappa shape index (κ2) is 8.92. The van der Waals surface area contributed by atoms with Gasteiger partial charge in [-0.25, -0.2) is 9.78 Å². The summed E-state index contributed by atoms with van der Waals surface area (Å²) in [6, 6.07) is 25.1. The number of aromatic nitrogens is 1. The van der Waals surface area contributed by atoms with Gasteiger partial charge < -0.3 is 9.32 Å². The van der Waals surface area contributed by atoms with Gasteiger partial charge >= 0.3 is 6.03 Å². The van der Waals surface area contributed by atoms with Crippen molar-refractivity contribution in [2.24, 2.45) is 0 Å². The molecule has 1 fully saturated rings. The molecular weight excluding hydrogens is 438 g/mol. The highest BCUT2D eigenvalue weighted by atomic mass is 35.5. The summed E-state index contributed by atoms with van der Waals surface area (Å²) in [6.07, 6.45) is 1.47. The van der Waals surface area contributed by atoms with Crippen LogP contribution in [-0.2, 0) is 17.9 Å². The lowest BCUT2D eigenvalue weighted by atomic mass is 10.1. The lowest BCUT2D eigenvalue weighted by Gasteiger charge is -2.22. The topological polar surface area (TPSA) is 66.7 Å². The number of hydrogen-bond acceptors (Lipinski definition) is 4. The first-order valence-corrected chi connectivity index (χ1v) is 10.9. The van der Waals surface area contributed by atoms with E-state index in [-0.39, 0.29) is 18.5 Å². The molecule has 6 nitrogen and oxygen atoms in total. The monoisotopic (exact) mass is 457 g/mol. The Morgan fingerprint density at radius 3 is 2.33 bits per heavy atom. The molecule has 1 saturated heterocycles. The number of carbonyl (C=O) groups is 2. The predicted octanol–water partition coefficient (Wildman–Crippen LogP) is 5.70. The smallest absolute Gasteiger partial charge is 0.328 e. The Bertz CT molecular complexity index is 1290. The van der Waals surface area contributed by atoms with Crippen molar-refractivity contribution in [2.45, 2.75) is 19.1 Å². The highest BCUT2D eigenvalue weighted by Gasteiger charge is 2.46. The Labute approximate surface area is 196 Å². The first-order chi connectivity index (χ1) is 16.1. The molecule has 3 aromatic carbocycles. The first kappa shape index (κ1) is 21.0. The number of rotatable bonds is 6. The van der Waals surface area contributed by atoms with Crippen molar-refractivity contribution in [1.82, 2.24) is 14.8 Å². The Morgan fingerprint density at radius 2 is 1.61 bits per heavy atom. The third-order valence-corrected chi connectivity index (χ3v) is 5.78. The van der Waals surface area contributed by atoms with Crippen LogP contribution in [0.25, 0.3) is 11.5 Å². The minimum Gasteiger partial charge on any atom is -0.444 e. The fraction of sp³-hybridized carbons (Fsp3) is 0.115. The van der Waals surface area contributed by atoms with Crippen LogP contribution in [0.2, 0.25) is 5.02 Å². The van der Waals surface area contributed by atoms with Crippen molar-refractivity contribution in [3.63, 3.8) is 0 Å². The van der Waals surface area contributed by atoms with E-state index in [4.69, 9.17) is 16.0 Å². The van der Waals surface area contributed by atoms with Crippen molar-refractivity contribution in [3.05, 3.63) is 113 Å². The second-order valence-corrected chi connectivity index (χ2v) is 8.22. The molecular formula is C26H20ClN3O3. The van der Waals surface area contributed by atoms with E-state index in [2.05, 4.69) is 4.98 Å². The second-order valence-electron chi connectivity index (χ2n) is 7.79. The summed E-state index contributed by atoms with van der Waals surface area (Å²) in [5.74, 6) is 0.0989. The van der Waals surface area contributed by atoms with Gasteiger partial charge in [0.15, 0.2) is 0 Å². The van der Waals surface area contributed by atoms with E-state index < -0.39 is 6.04 Å². The van der Waals surface area contributed by atoms with E-state index in [0.717, 1.165) is 16.7 Å². The number of urea groups is 1. The van der Waals surface area contributed by atoms with Gasteiger partial charge in [0.2, 0.25) is 5.89 Å². The van der Waals surface area contributed by atoms with Gasteiger partial charge in [0, 0.05) is 17.1 Å². The largest absolute Gasteiger partial charge is 0.444 e. The summed E-state index contributed by atoms with van der Waals surface area (Å²) in [4.78, 5) is 34.1. The van der Waals surface area contributed by atoms with Crippen molar-refractivity contribution in [1.29, 1.82) is 0 Å². The highest BCUT2D eigenvalue weighted by molar-refractivity contribution is 6.30. The van der Waals surface area contributed by atoms with E-state index in [1.54, 1.807) is 23.1 Å². The molecule has 1 aliphatic heterocycles. The quantitative estimate of drug-likeness (QED) is 0.348. The molecule has 1 atom stereocenters. The summed E-state index contributed by atoms with van der Waals surface area (Å²) in [7, 11) is 0. The minimum atomic E-state index is -0.696. The molecule has 0 N–H and O–H groups in total. The molecule has 2 heterocycles. The van der Waals surface area contributed by atoms with Gasteiger partial charge in [-0.3, -0.25) is 9.69 Å². The highest BCUT2D eigenvalue weighted by Crippen LogP contribution is 2.33. The first-order valence-electron chi connectivity index (χ1n) is 10.5. The summed E-state index contributed by atoms with van der Waals surface area (Å²) < 4.78 is 5.59. The standard InChI is InChI=1S/C26H20ClN3O3/c27-21-13-7-12-20(14-21)24-28-22(17-33-24)16-30-25(31)23(19-10-5-2-6-11-19)29(26(30)32)15-18-8-3-1-4-9-18/h1-14,17,23H,15-16H2. The molecule has 1 aromatic heterocycles. The average molecular weight is 458 g/mol. The van der Waals surface area contributed by atoms with E-state index in [9.17, 15) is 9.59 Å². The Morgan fingerprint density at radius 1 is 0.879 bits per heavy atom. The van der Waals surface area contributed by atoms with Crippen molar-refractivity contribution >= 4 is 23.5 Å². The zero-order valence-corrected chi connectivity index (χ0v) is 18.4. The number of nitrogens with zero attached hydrogens (tertiary/aromatic N) is 3. The maximum Gasteiger partial charge on any atom is 0.328 e. The zero-order chi connectivity index (χ0) is 22.8. The van der Waals surface area contributed by atoms with Crippen LogP contribution in [0.4, 0.5) is 4.79 Å². The van der Waals surface area contributed by atoms with Crippen LogP contribution < -0.4 is 0 Å². The molecule has 4 aromatic rings. The number of amides is 3. The maximum absolute atomic E-state index is 13.4. The Hall–Kier alpha value is -3.90. The van der Waals surface area contributed by atoms with Crippen LogP contribution in [-0.4, -0.2) is 26.7 Å². The summed E-state index contributed by atoms with van der Waals surface area (Å²) in [5.41, 5.74) is 2.93. The van der Waals surface area contributed by atoms with Crippen LogP contribution in [0.3, 0.4) is 0 Å². The van der Waals surface area contributed by atoms with E-state index in [1.807, 2.05) is 66.7 Å². The number of benzene rings is 3. The summed E-state index contributed by atoms with van der Waals surface area (Å²) in [5, 5.41) is 0.569. The van der Waals surface area contributed by atoms with Crippen molar-refractivity contribution in [3.8, 4) is 11.5 Å². The molecule has 1 unspecified atom stereocenters. The van der Waals surface area contributed by atoms with Gasteiger partial charge in [-0.1, -0.05) is 78.3 Å². The summed E-state index contributed by atoms with van der Waals surface area (Å²) >= 11 is 6.06. The number of oxazole rings is 1. The molecule has 33 heavy (non-hydrogen) atoms. The van der Waals surface area contributed by atoms with Gasteiger partial charge in [0.25, 0.3) is 5.91 Å². The molecule has 1 aliphatic rings. The number of halogens is 1. The van der Waals surface area contributed by atoms with E-state index >= 15 is 0 Å². The molecule has 7 heteroatoms. The SMILES string of the molecule is O=C1C(c2ccccc2)N(Cc2ccccc2)C(=O)N1Cc1coc(-c2cccc(Cl)c2)n1. The predicted molar refractivity (Wildman–Crippen MR) is 124 cm³/mol. The van der Waals surface area contributed by atoms with Crippen LogP contribution in [0, 0.1) is 0 Å². The van der Waals surface area contributed by atoms with Crippen LogP contribution in [0.15, 0.2) is 95.6 Å². The van der Waals surface area contributed by atoms with Crippen LogP contribution in [0.1, 0.15) is 22.9 Å². The number of carbonyl (C=O) groups excluding carboxylic acids is 2. The van der Waals surface area contributed by atoms with Gasteiger partial charge in [-0.15, -0.1) is 0 Å². The third-order valence-electron chi connectivity index (χ3n) is 5.54. The number of imide groups is 1. The number of hydrogen-bond donors (Lipinski definition) is 0. The fourth-order valence-electron chi connectivity index (χ4n) is 3.98. The fourth-order valence-corrected chi connectivity index (χ4v) is 4.17. The van der Waals surface area contributed by atoms with Crippen LogP contribution >= 0.6 is 11.6 Å². The van der Waals surface area contributed by atoms with Crippen LogP contribution in [0.5, 0.6) is 0 Å². The lowest BCUT2D eigenvalue weighted by Crippen LogP contribution is -2.32. The minimum absolute atomic E-state index is 0.0242. The van der Waals surface area contributed by atoms with Crippen molar-refractivity contribution in [2.75, 3.05) is 0 Å². The molecule has 5 rings (SSSR count). The zero-order valence-electron chi connectivity index (χ0n) is 17.6. The maximum atomic E-state index is 13.4. The molecule has 0 saturated carbocycles. The molecule has 0 radical (unpaired) electrons. The molecule has 0 spiro atoms. The molecule has 0 bridgehead atoms. The molecule has 0 aliphatic carbocycles. The summed E-state index contributed by atoms with van der Waals surface area (Å²) in [6.45, 7) is 0.352. The van der Waals surface area contributed by atoms with Gasteiger partial charge in [-0.05, 0) is 29.3 Å². The van der Waals surface area contributed by atoms with Gasteiger partial charge in [-0.2, -0.15) is 0 Å². The lowest BCUT2D eigenvalue weighted by molar-refractivity contribution is -0.129.